The van der Waals surface area contributed by atoms with Crippen LogP contribution < -0.4 is 10.6 Å². The molecule has 110 valence electrons. The lowest BCUT2D eigenvalue weighted by Crippen LogP contribution is -2.19. The Labute approximate surface area is 127 Å². The molecule has 1 aromatic heterocycles. The normalized spacial score (nSPS) is 11.7. The topological polar surface area (TPSA) is 71.1 Å². The third-order valence-corrected chi connectivity index (χ3v) is 3.82. The predicted octanol–water partition coefficient (Wildman–Crippen LogP) is 3.38. The summed E-state index contributed by atoms with van der Waals surface area (Å²) in [6, 6.07) is 6.79. The Kier molecular flexibility index (Phi) is 5.05. The average molecular weight is 303 g/mol. The van der Waals surface area contributed by atoms with Gasteiger partial charge in [-0.15, -0.1) is 11.3 Å². The highest BCUT2D eigenvalue weighted by Gasteiger charge is 2.11. The van der Waals surface area contributed by atoms with Crippen molar-refractivity contribution in [3.05, 3.63) is 41.4 Å². The molecular weight excluding hydrogens is 286 g/mol. The lowest BCUT2D eigenvalue weighted by atomic mass is 10.1. The van der Waals surface area contributed by atoms with Crippen molar-refractivity contribution >= 4 is 34.0 Å². The highest BCUT2D eigenvalue weighted by atomic mass is 32.1. The molecule has 2 amide bonds. The van der Waals surface area contributed by atoms with Gasteiger partial charge in [-0.1, -0.05) is 13.8 Å². The minimum atomic E-state index is -0.218. The summed E-state index contributed by atoms with van der Waals surface area (Å²) in [4.78, 5) is 27.7. The summed E-state index contributed by atoms with van der Waals surface area (Å²) < 4.78 is 0. The molecule has 0 spiro atoms. The summed E-state index contributed by atoms with van der Waals surface area (Å²) >= 11 is 1.36. The van der Waals surface area contributed by atoms with Crippen molar-refractivity contribution in [1.29, 1.82) is 0 Å². The molecule has 1 atom stereocenters. The van der Waals surface area contributed by atoms with Crippen molar-refractivity contribution in [2.24, 2.45) is 5.92 Å². The lowest BCUT2D eigenvalue weighted by Gasteiger charge is -2.10. The SMILES string of the molecule is CC[C@@H](C)C(=O)Nc1ccc(C(=O)Nc2nccs2)cc1. The summed E-state index contributed by atoms with van der Waals surface area (Å²) in [5.74, 6) is -0.264. The maximum absolute atomic E-state index is 12.0. The van der Waals surface area contributed by atoms with Crippen molar-refractivity contribution in [2.75, 3.05) is 10.6 Å². The second-order valence-corrected chi connectivity index (χ2v) is 5.56. The Morgan fingerprint density at radius 2 is 1.95 bits per heavy atom. The van der Waals surface area contributed by atoms with Gasteiger partial charge in [0.15, 0.2) is 5.13 Å². The molecule has 6 heteroatoms. The number of nitrogens with one attached hydrogen (secondary N) is 2. The fourth-order valence-electron chi connectivity index (χ4n) is 1.61. The third kappa shape index (κ3) is 4.13. The van der Waals surface area contributed by atoms with Crippen LogP contribution in [0.15, 0.2) is 35.8 Å². The van der Waals surface area contributed by atoms with E-state index >= 15 is 0 Å². The fourth-order valence-corrected chi connectivity index (χ4v) is 2.13. The van der Waals surface area contributed by atoms with Crippen LogP contribution in [0, 0.1) is 5.92 Å². The molecule has 0 aliphatic carbocycles. The number of carbonyl (C=O) groups is 2. The molecule has 0 saturated carbocycles. The molecule has 1 aromatic carbocycles. The van der Waals surface area contributed by atoms with E-state index in [2.05, 4.69) is 15.6 Å². The van der Waals surface area contributed by atoms with Crippen molar-refractivity contribution < 1.29 is 9.59 Å². The maximum Gasteiger partial charge on any atom is 0.257 e. The lowest BCUT2D eigenvalue weighted by molar-refractivity contribution is -0.119. The molecule has 1 heterocycles. The number of aromatic nitrogens is 1. The Balaban J connectivity index is 1.98. The van der Waals surface area contributed by atoms with Crippen molar-refractivity contribution in [3.63, 3.8) is 0 Å². The smallest absolute Gasteiger partial charge is 0.257 e. The van der Waals surface area contributed by atoms with Gasteiger partial charge in [0.25, 0.3) is 5.91 Å². The molecule has 0 unspecified atom stereocenters. The first kappa shape index (κ1) is 15.2. The van der Waals surface area contributed by atoms with Crippen LogP contribution in [0.25, 0.3) is 0 Å². The molecule has 5 nitrogen and oxygen atoms in total. The second kappa shape index (κ2) is 6.99. The highest BCUT2D eigenvalue weighted by molar-refractivity contribution is 7.13. The molecule has 0 fully saturated rings. The molecular formula is C15H17N3O2S. The molecule has 0 saturated heterocycles. The fraction of sp³-hybridized carbons (Fsp3) is 0.267. The van der Waals surface area contributed by atoms with Gasteiger partial charge in [0.2, 0.25) is 5.91 Å². The molecule has 0 aliphatic heterocycles. The van der Waals surface area contributed by atoms with Gasteiger partial charge in [-0.3, -0.25) is 14.9 Å². The first-order chi connectivity index (χ1) is 10.1. The van der Waals surface area contributed by atoms with Gasteiger partial charge in [0, 0.05) is 28.7 Å². The van der Waals surface area contributed by atoms with E-state index in [1.165, 1.54) is 11.3 Å². The summed E-state index contributed by atoms with van der Waals surface area (Å²) in [5, 5.41) is 7.89. The van der Waals surface area contributed by atoms with Crippen LogP contribution in [0.4, 0.5) is 10.8 Å². The van der Waals surface area contributed by atoms with Gasteiger partial charge in [0.1, 0.15) is 0 Å². The number of amides is 2. The van der Waals surface area contributed by atoms with E-state index in [4.69, 9.17) is 0 Å². The monoisotopic (exact) mass is 303 g/mol. The van der Waals surface area contributed by atoms with E-state index in [-0.39, 0.29) is 17.7 Å². The number of anilines is 2. The Bertz CT molecular complexity index is 608. The number of rotatable bonds is 5. The van der Waals surface area contributed by atoms with E-state index in [1.807, 2.05) is 13.8 Å². The zero-order valence-corrected chi connectivity index (χ0v) is 12.7. The van der Waals surface area contributed by atoms with Crippen LogP contribution in [-0.2, 0) is 4.79 Å². The maximum atomic E-state index is 12.0. The van der Waals surface area contributed by atoms with Crippen LogP contribution in [0.5, 0.6) is 0 Å². The summed E-state index contributed by atoms with van der Waals surface area (Å²) in [6.45, 7) is 3.85. The molecule has 2 aromatic rings. The molecule has 2 rings (SSSR count). The van der Waals surface area contributed by atoms with Crippen molar-refractivity contribution in [3.8, 4) is 0 Å². The number of hydrogen-bond donors (Lipinski definition) is 2. The van der Waals surface area contributed by atoms with Crippen LogP contribution >= 0.6 is 11.3 Å². The zero-order valence-electron chi connectivity index (χ0n) is 11.9. The zero-order chi connectivity index (χ0) is 15.2. The predicted molar refractivity (Wildman–Crippen MR) is 84.6 cm³/mol. The average Bonchev–Trinajstić information content (AvgIpc) is 2.99. The molecule has 0 bridgehead atoms. The number of carbonyl (C=O) groups excluding carboxylic acids is 2. The van der Waals surface area contributed by atoms with Gasteiger partial charge in [0.05, 0.1) is 0 Å². The molecule has 21 heavy (non-hydrogen) atoms. The largest absolute Gasteiger partial charge is 0.326 e. The van der Waals surface area contributed by atoms with Crippen LogP contribution in [-0.4, -0.2) is 16.8 Å². The molecule has 2 N–H and O–H groups in total. The van der Waals surface area contributed by atoms with Crippen LogP contribution in [0.2, 0.25) is 0 Å². The molecule has 0 aliphatic rings. The Morgan fingerprint density at radius 1 is 1.24 bits per heavy atom. The highest BCUT2D eigenvalue weighted by Crippen LogP contribution is 2.15. The number of benzene rings is 1. The van der Waals surface area contributed by atoms with Gasteiger partial charge in [-0.05, 0) is 30.7 Å². The van der Waals surface area contributed by atoms with E-state index in [0.717, 1.165) is 6.42 Å². The van der Waals surface area contributed by atoms with Gasteiger partial charge >= 0.3 is 0 Å². The third-order valence-electron chi connectivity index (χ3n) is 3.13. The quantitative estimate of drug-likeness (QED) is 0.889. The number of nitrogens with zero attached hydrogens (tertiary/aromatic N) is 1. The van der Waals surface area contributed by atoms with Crippen LogP contribution in [0.3, 0.4) is 0 Å². The van der Waals surface area contributed by atoms with Crippen molar-refractivity contribution in [2.45, 2.75) is 20.3 Å². The minimum absolute atomic E-state index is 0.0162. The van der Waals surface area contributed by atoms with Gasteiger partial charge in [-0.25, -0.2) is 4.98 Å². The Hall–Kier alpha value is -2.21. The van der Waals surface area contributed by atoms with Crippen LogP contribution in [0.1, 0.15) is 30.6 Å². The van der Waals surface area contributed by atoms with Gasteiger partial charge < -0.3 is 5.32 Å². The summed E-state index contributed by atoms with van der Waals surface area (Å²) in [7, 11) is 0. The standard InChI is InChI=1S/C15H17N3O2S/c1-3-10(2)13(19)17-12-6-4-11(5-7-12)14(20)18-15-16-8-9-21-15/h4-10H,3H2,1-2H3,(H,17,19)(H,16,18,20)/t10-/m1/s1. The second-order valence-electron chi connectivity index (χ2n) is 4.67. The number of hydrogen-bond acceptors (Lipinski definition) is 4. The van der Waals surface area contributed by atoms with E-state index in [9.17, 15) is 9.59 Å². The van der Waals surface area contributed by atoms with E-state index in [0.29, 0.717) is 16.4 Å². The minimum Gasteiger partial charge on any atom is -0.326 e. The summed E-state index contributed by atoms with van der Waals surface area (Å²) in [5.41, 5.74) is 1.21. The Morgan fingerprint density at radius 3 is 2.52 bits per heavy atom. The molecule has 0 radical (unpaired) electrons. The number of thiazole rings is 1. The van der Waals surface area contributed by atoms with Crippen molar-refractivity contribution in [1.82, 2.24) is 4.98 Å². The summed E-state index contributed by atoms with van der Waals surface area (Å²) in [6.07, 6.45) is 2.42. The van der Waals surface area contributed by atoms with Gasteiger partial charge in [-0.2, -0.15) is 0 Å². The van der Waals surface area contributed by atoms with E-state index < -0.39 is 0 Å². The van der Waals surface area contributed by atoms with E-state index in [1.54, 1.807) is 35.8 Å². The first-order valence-electron chi connectivity index (χ1n) is 6.72. The first-order valence-corrected chi connectivity index (χ1v) is 7.60.